The van der Waals surface area contributed by atoms with Crippen LogP contribution < -0.4 is 25.4 Å². The predicted molar refractivity (Wildman–Crippen MR) is 334 cm³/mol. The summed E-state index contributed by atoms with van der Waals surface area (Å²) in [5.41, 5.74) is 1.23. The van der Waals surface area contributed by atoms with Crippen molar-refractivity contribution in [1.29, 1.82) is 0 Å². The maximum atomic E-state index is 14.9. The number of fused-ring (bicyclic) bond motifs is 3. The molecule has 0 radical (unpaired) electrons. The minimum absolute atomic E-state index is 0.0246. The van der Waals surface area contributed by atoms with Gasteiger partial charge in [-0.1, -0.05) is 106 Å². The Morgan fingerprint density at radius 2 is 1.42 bits per heavy atom. The molecule has 7 amide bonds. The van der Waals surface area contributed by atoms with E-state index in [2.05, 4.69) is 16.0 Å². The molecule has 1 saturated heterocycles. The molecule has 21 nitrogen and oxygen atoms in total. The molecule has 2 aliphatic heterocycles. The Bertz CT molecular complexity index is 3150. The molecule has 5 atom stereocenters. The lowest BCUT2D eigenvalue weighted by Gasteiger charge is -2.36. The summed E-state index contributed by atoms with van der Waals surface area (Å²) < 4.78 is 22.8. The third-order valence-corrected chi connectivity index (χ3v) is 15.8. The van der Waals surface area contributed by atoms with E-state index in [9.17, 15) is 47.9 Å². The molecular formula is C68H87N7O14. The van der Waals surface area contributed by atoms with Crippen LogP contribution in [0.5, 0.6) is 11.5 Å². The number of ketones is 1. The van der Waals surface area contributed by atoms with Crippen molar-refractivity contribution in [3.05, 3.63) is 138 Å². The number of piperidine rings is 1. The normalized spacial score (nSPS) is 21.9. The number of benzene rings is 4. The number of nitrogens with zero attached hydrogens (tertiary/aromatic N) is 4. The van der Waals surface area contributed by atoms with Crippen LogP contribution >= 0.6 is 0 Å². The Morgan fingerprint density at radius 1 is 0.730 bits per heavy atom. The Labute approximate surface area is 522 Å². The van der Waals surface area contributed by atoms with Crippen LogP contribution in [0.4, 0.5) is 5.69 Å². The summed E-state index contributed by atoms with van der Waals surface area (Å²) in [4.78, 5) is 147. The minimum atomic E-state index is -1.51. The molecule has 0 unspecified atom stereocenters. The van der Waals surface area contributed by atoms with E-state index in [0.717, 1.165) is 5.56 Å². The zero-order valence-corrected chi connectivity index (χ0v) is 52.8. The van der Waals surface area contributed by atoms with Gasteiger partial charge in [0, 0.05) is 64.8 Å². The molecule has 2 aliphatic rings. The fourth-order valence-corrected chi connectivity index (χ4v) is 10.7. The molecule has 4 aromatic carbocycles. The molecule has 2 bridgehead atoms. The van der Waals surface area contributed by atoms with E-state index in [-0.39, 0.29) is 76.4 Å². The summed E-state index contributed by atoms with van der Waals surface area (Å²) in [7, 11) is 6.14. The number of carbonyl (C=O) groups is 10. The molecular weight excluding hydrogens is 1140 g/mol. The lowest BCUT2D eigenvalue weighted by atomic mass is 9.87. The van der Waals surface area contributed by atoms with Crippen molar-refractivity contribution in [2.45, 2.75) is 136 Å². The smallest absolute Gasteiger partial charge is 0.330 e. The highest BCUT2D eigenvalue weighted by Crippen LogP contribution is 2.33. The number of carbonyl (C=O) groups excluding carboxylic acids is 10. The molecule has 2 heterocycles. The fraction of sp³-hybridized carbons (Fsp3) is 0.471. The monoisotopic (exact) mass is 1230 g/mol. The highest BCUT2D eigenvalue weighted by molar-refractivity contribution is 6.38. The summed E-state index contributed by atoms with van der Waals surface area (Å²) in [6, 6.07) is 25.0. The van der Waals surface area contributed by atoms with E-state index in [1.54, 1.807) is 79.8 Å². The zero-order chi connectivity index (χ0) is 64.8. The number of Topliss-reactive ketones (excluding diaryl/α,β-unsaturated/α-hetero) is 1. The van der Waals surface area contributed by atoms with Crippen LogP contribution in [0.1, 0.15) is 127 Å². The summed E-state index contributed by atoms with van der Waals surface area (Å²) in [5, 5.41) is 8.52. The second kappa shape index (κ2) is 33.5. The van der Waals surface area contributed by atoms with Crippen LogP contribution in [0.25, 0.3) is 0 Å². The number of cyclic esters (lactones) is 2. The number of hydrogen-bond acceptors (Lipinski definition) is 14. The van der Waals surface area contributed by atoms with Gasteiger partial charge in [0.15, 0.2) is 11.5 Å². The highest BCUT2D eigenvalue weighted by Gasteiger charge is 2.43. The molecule has 1 fully saturated rings. The van der Waals surface area contributed by atoms with Crippen molar-refractivity contribution < 1.29 is 66.9 Å². The van der Waals surface area contributed by atoms with Crippen LogP contribution in [0.2, 0.25) is 0 Å². The number of likely N-dealkylation sites (N-methyl/N-ethyl adjacent to an activating group) is 2. The van der Waals surface area contributed by atoms with Gasteiger partial charge in [0.1, 0.15) is 36.9 Å². The van der Waals surface area contributed by atoms with E-state index in [1.807, 2.05) is 51.1 Å². The third kappa shape index (κ3) is 20.1. The Balaban J connectivity index is 1.33. The average Bonchev–Trinajstić information content (AvgIpc) is 2.42. The van der Waals surface area contributed by atoms with Gasteiger partial charge < -0.3 is 54.5 Å². The first-order chi connectivity index (χ1) is 42.5. The largest absolute Gasteiger partial charge is 0.493 e. The average molecular weight is 1230 g/mol. The molecule has 4 aromatic rings. The summed E-state index contributed by atoms with van der Waals surface area (Å²) in [6.45, 7) is 8.11. The van der Waals surface area contributed by atoms with E-state index < -0.39 is 102 Å². The van der Waals surface area contributed by atoms with Crippen molar-refractivity contribution in [1.82, 2.24) is 30.2 Å². The summed E-state index contributed by atoms with van der Waals surface area (Å²) >= 11 is 0. The quantitative estimate of drug-likeness (QED) is 0.0931. The summed E-state index contributed by atoms with van der Waals surface area (Å²) in [5.74, 6) is -5.74. The molecule has 89 heavy (non-hydrogen) atoms. The highest BCUT2D eigenvalue weighted by atomic mass is 16.5. The molecule has 478 valence electrons. The van der Waals surface area contributed by atoms with Crippen LogP contribution in [0.15, 0.2) is 115 Å². The van der Waals surface area contributed by atoms with Gasteiger partial charge in [-0.2, -0.15) is 0 Å². The molecule has 0 aromatic heterocycles. The SMILES string of the molecule is CCCN1CC(=O)N(C)[C@@H](CC(C)C)C(=O)N(C)CC/C=C/C(=O)OCC(C)(C)C(=O)C(=O)N2CCCC[C@H]2C(=O)O[C@H](CCc2ccc(OC)c(OC)c2)c2cccc(c2)NC(=O)CCC(=O)N[C@@H](c2ccccc2)C(=O)N[C@@H](Cc2ccccc2)C1=O. The molecule has 21 heteroatoms. The maximum Gasteiger partial charge on any atom is 0.330 e. The number of ether oxygens (including phenoxy) is 4. The molecule has 6 rings (SSSR count). The number of methoxy groups -OCH3 is 2. The first kappa shape index (κ1) is 69.2. The Hall–Kier alpha value is -8.88. The van der Waals surface area contributed by atoms with Gasteiger partial charge in [-0.05, 0) is 118 Å². The molecule has 0 saturated carbocycles. The maximum absolute atomic E-state index is 14.9. The molecule has 0 spiro atoms. The van der Waals surface area contributed by atoms with Crippen molar-refractivity contribution in [3.8, 4) is 11.5 Å². The number of aryl methyl sites for hydroxylation is 1. The predicted octanol–water partition coefficient (Wildman–Crippen LogP) is 7.27. The number of nitrogens with one attached hydrogen (secondary N) is 3. The van der Waals surface area contributed by atoms with Gasteiger partial charge in [0.25, 0.3) is 5.91 Å². The van der Waals surface area contributed by atoms with Crippen LogP contribution in [0.3, 0.4) is 0 Å². The van der Waals surface area contributed by atoms with Gasteiger partial charge in [-0.3, -0.25) is 38.4 Å². The number of esters is 2. The van der Waals surface area contributed by atoms with E-state index >= 15 is 0 Å². The first-order valence-corrected chi connectivity index (χ1v) is 30.5. The third-order valence-electron chi connectivity index (χ3n) is 15.8. The van der Waals surface area contributed by atoms with Crippen LogP contribution in [-0.2, 0) is 70.3 Å². The van der Waals surface area contributed by atoms with E-state index in [4.69, 9.17) is 18.9 Å². The van der Waals surface area contributed by atoms with E-state index in [0.29, 0.717) is 59.6 Å². The Kier molecular flexibility index (Phi) is 26.0. The van der Waals surface area contributed by atoms with Crippen molar-refractivity contribution in [2.24, 2.45) is 11.3 Å². The van der Waals surface area contributed by atoms with Crippen LogP contribution in [0, 0.1) is 11.3 Å². The number of anilines is 1. The minimum Gasteiger partial charge on any atom is -0.493 e. The molecule has 0 aliphatic carbocycles. The van der Waals surface area contributed by atoms with Gasteiger partial charge in [0.2, 0.25) is 41.2 Å². The zero-order valence-electron chi connectivity index (χ0n) is 52.8. The number of amides is 7. The van der Waals surface area contributed by atoms with Crippen molar-refractivity contribution in [2.75, 3.05) is 66.4 Å². The first-order valence-electron chi connectivity index (χ1n) is 30.5. The molecule has 3 N–H and O–H groups in total. The summed E-state index contributed by atoms with van der Waals surface area (Å²) in [6.07, 6.45) is 3.92. The van der Waals surface area contributed by atoms with Crippen LogP contribution in [-0.4, -0.2) is 158 Å². The van der Waals surface area contributed by atoms with Crippen molar-refractivity contribution in [3.63, 3.8) is 0 Å². The number of hydrogen-bond donors (Lipinski definition) is 3. The van der Waals surface area contributed by atoms with Gasteiger partial charge in [0.05, 0.1) is 26.2 Å². The Morgan fingerprint density at radius 3 is 2.10 bits per heavy atom. The van der Waals surface area contributed by atoms with Gasteiger partial charge in [-0.25, -0.2) is 9.59 Å². The second-order valence-corrected chi connectivity index (χ2v) is 23.7. The number of rotatable bonds is 12. The fourth-order valence-electron chi connectivity index (χ4n) is 10.7. The lowest BCUT2D eigenvalue weighted by molar-refractivity contribution is -0.165. The van der Waals surface area contributed by atoms with Crippen molar-refractivity contribution >= 4 is 64.8 Å². The van der Waals surface area contributed by atoms with Gasteiger partial charge in [-0.15, -0.1) is 0 Å². The second-order valence-electron chi connectivity index (χ2n) is 23.7. The standard InChI is InChI=1S/C68H87N7O14/c1-10-36-74-43-59(78)73(7)53(39-45(2)3)65(83)72(6)37-19-18-29-60(79)88-44-68(4,5)62(80)66(84)75-38-20-17-28-52(75)67(85)89-54(32-30-47-31-33-55(86-8)56(41-47)87-9)49-26-21-27-50(42-49)69-57(76)34-35-58(77)71-61(48-24-15-12-16-25-48)63(81)70-51(64(74)82)40-46-22-13-11-14-23-46/h11-16,18,21-27,29,31,33,41-42,45,51-54,61H,10,17,19-20,28,30,32,34-40,43-44H2,1-9H3,(H,69,76)(H,70,81)(H,71,77)/b29-18+/t51-,52-,53-,54+,61-/m0/s1. The van der Waals surface area contributed by atoms with Gasteiger partial charge >= 0.3 is 11.9 Å². The lowest BCUT2D eigenvalue weighted by Crippen LogP contribution is -2.56. The van der Waals surface area contributed by atoms with E-state index in [1.165, 1.54) is 66.9 Å². The topological polar surface area (TPSA) is 257 Å².